The van der Waals surface area contributed by atoms with Crippen LogP contribution in [0.25, 0.3) is 10.8 Å². The summed E-state index contributed by atoms with van der Waals surface area (Å²) in [4.78, 5) is 28.8. The minimum Gasteiger partial charge on any atom is -0.462 e. The molecule has 0 aliphatic rings. The monoisotopic (exact) mass is 369 g/mol. The second-order valence-corrected chi connectivity index (χ2v) is 6.18. The highest BCUT2D eigenvalue weighted by Crippen LogP contribution is 2.24. The van der Waals surface area contributed by atoms with Gasteiger partial charge >= 0.3 is 0 Å². The topological polar surface area (TPSA) is 96.0 Å². The van der Waals surface area contributed by atoms with E-state index in [2.05, 4.69) is 10.3 Å². The van der Waals surface area contributed by atoms with Crippen LogP contribution < -0.4 is 5.32 Å². The van der Waals surface area contributed by atoms with E-state index in [9.17, 15) is 19.2 Å². The lowest BCUT2D eigenvalue weighted by atomic mass is 10.0. The number of thiazole rings is 1. The number of rotatable bonds is 6. The van der Waals surface area contributed by atoms with Crippen LogP contribution >= 0.6 is 11.3 Å². The summed E-state index contributed by atoms with van der Waals surface area (Å²) < 4.78 is 18.1. The zero-order chi connectivity index (χ0) is 18.5. The quantitative estimate of drug-likeness (QED) is 0.672. The van der Waals surface area contributed by atoms with E-state index in [4.69, 9.17) is 4.42 Å². The number of aromatic nitrogens is 1. The standard InChI is InChI=1S/C18H12FN3O3S/c19-11-3-5-12(6-4-11)21-17(24)14(9-20)15(23)8-13-10-26-18(22-13)16-2-1-7-25-16/h1-7,10,14H,8H2,(H,21,24). The summed E-state index contributed by atoms with van der Waals surface area (Å²) >= 11 is 1.30. The summed E-state index contributed by atoms with van der Waals surface area (Å²) in [6.45, 7) is 0. The Hall–Kier alpha value is -3.31. The van der Waals surface area contributed by atoms with Crippen molar-refractivity contribution < 1.29 is 18.4 Å². The van der Waals surface area contributed by atoms with Gasteiger partial charge in [-0.1, -0.05) is 0 Å². The van der Waals surface area contributed by atoms with Crippen LogP contribution in [-0.2, 0) is 16.0 Å². The fraction of sp³-hybridized carbons (Fsp3) is 0.111. The minimum atomic E-state index is -1.48. The van der Waals surface area contributed by atoms with Gasteiger partial charge in [-0.3, -0.25) is 9.59 Å². The van der Waals surface area contributed by atoms with E-state index in [1.54, 1.807) is 23.6 Å². The summed E-state index contributed by atoms with van der Waals surface area (Å²) in [7, 11) is 0. The molecule has 8 heteroatoms. The average Bonchev–Trinajstić information content (AvgIpc) is 3.29. The number of hydrogen-bond donors (Lipinski definition) is 1. The molecule has 0 bridgehead atoms. The Morgan fingerprint density at radius 3 is 2.73 bits per heavy atom. The number of nitriles is 1. The van der Waals surface area contributed by atoms with Gasteiger partial charge in [0.05, 0.1) is 24.4 Å². The van der Waals surface area contributed by atoms with Crippen LogP contribution in [0.4, 0.5) is 10.1 Å². The summed E-state index contributed by atoms with van der Waals surface area (Å²) in [5.41, 5.74) is 0.763. The molecule has 0 aliphatic heterocycles. The zero-order valence-electron chi connectivity index (χ0n) is 13.3. The molecular weight excluding hydrogens is 357 g/mol. The van der Waals surface area contributed by atoms with Crippen LogP contribution in [-0.4, -0.2) is 16.7 Å². The van der Waals surface area contributed by atoms with Gasteiger partial charge in [-0.25, -0.2) is 9.37 Å². The normalized spacial score (nSPS) is 11.5. The van der Waals surface area contributed by atoms with E-state index in [1.807, 2.05) is 0 Å². The van der Waals surface area contributed by atoms with Crippen molar-refractivity contribution in [3.63, 3.8) is 0 Å². The van der Waals surface area contributed by atoms with Crippen molar-refractivity contribution in [2.24, 2.45) is 5.92 Å². The lowest BCUT2D eigenvalue weighted by molar-refractivity contribution is -0.128. The van der Waals surface area contributed by atoms with Gasteiger partial charge in [0.25, 0.3) is 0 Å². The molecule has 6 nitrogen and oxygen atoms in total. The largest absolute Gasteiger partial charge is 0.462 e. The number of carbonyl (C=O) groups excluding carboxylic acids is 2. The van der Waals surface area contributed by atoms with E-state index in [1.165, 1.54) is 41.9 Å². The lowest BCUT2D eigenvalue weighted by Crippen LogP contribution is -2.29. The molecule has 26 heavy (non-hydrogen) atoms. The first-order chi connectivity index (χ1) is 12.6. The second-order valence-electron chi connectivity index (χ2n) is 5.32. The Labute approximate surface area is 151 Å². The molecule has 0 radical (unpaired) electrons. The Bertz CT molecular complexity index is 958. The number of nitrogens with one attached hydrogen (secondary N) is 1. The van der Waals surface area contributed by atoms with Gasteiger partial charge in [0.2, 0.25) is 5.91 Å². The van der Waals surface area contributed by atoms with Crippen molar-refractivity contribution >= 4 is 28.7 Å². The maximum absolute atomic E-state index is 12.9. The van der Waals surface area contributed by atoms with Crippen LogP contribution in [0.3, 0.4) is 0 Å². The highest BCUT2D eigenvalue weighted by atomic mass is 32.1. The van der Waals surface area contributed by atoms with Crippen LogP contribution in [0.5, 0.6) is 0 Å². The number of nitrogens with zero attached hydrogens (tertiary/aromatic N) is 2. The molecule has 2 heterocycles. The third-order valence-electron chi connectivity index (χ3n) is 3.46. The molecule has 0 saturated carbocycles. The van der Waals surface area contributed by atoms with Crippen molar-refractivity contribution in [3.8, 4) is 16.8 Å². The number of benzene rings is 1. The predicted octanol–water partition coefficient (Wildman–Crippen LogP) is 3.43. The summed E-state index contributed by atoms with van der Waals surface area (Å²) in [6, 6.07) is 10.2. The molecule has 3 aromatic rings. The number of hydrogen-bond acceptors (Lipinski definition) is 6. The molecule has 1 unspecified atom stereocenters. The molecule has 130 valence electrons. The van der Waals surface area contributed by atoms with E-state index in [0.717, 1.165) is 0 Å². The van der Waals surface area contributed by atoms with Crippen molar-refractivity contribution in [2.75, 3.05) is 5.32 Å². The van der Waals surface area contributed by atoms with E-state index in [0.29, 0.717) is 22.1 Å². The van der Waals surface area contributed by atoms with Crippen molar-refractivity contribution in [1.82, 2.24) is 4.98 Å². The van der Waals surface area contributed by atoms with E-state index >= 15 is 0 Å². The average molecular weight is 369 g/mol. The van der Waals surface area contributed by atoms with Crippen LogP contribution in [0, 0.1) is 23.1 Å². The van der Waals surface area contributed by atoms with Crippen molar-refractivity contribution in [3.05, 3.63) is 59.6 Å². The summed E-state index contributed by atoms with van der Waals surface area (Å²) in [5, 5.41) is 13.9. The van der Waals surface area contributed by atoms with Crippen LogP contribution in [0.2, 0.25) is 0 Å². The van der Waals surface area contributed by atoms with E-state index < -0.39 is 23.4 Å². The molecule has 1 aromatic carbocycles. The van der Waals surface area contributed by atoms with Gasteiger partial charge in [0.1, 0.15) is 5.82 Å². The maximum atomic E-state index is 12.9. The molecule has 0 fully saturated rings. The zero-order valence-corrected chi connectivity index (χ0v) is 14.1. The first kappa shape index (κ1) is 17.5. The van der Waals surface area contributed by atoms with Gasteiger partial charge in [-0.2, -0.15) is 5.26 Å². The molecule has 0 aliphatic carbocycles. The Balaban J connectivity index is 1.66. The van der Waals surface area contributed by atoms with E-state index in [-0.39, 0.29) is 6.42 Å². The highest BCUT2D eigenvalue weighted by molar-refractivity contribution is 7.13. The minimum absolute atomic E-state index is 0.147. The smallest absolute Gasteiger partial charge is 0.249 e. The molecule has 0 spiro atoms. The first-order valence-electron chi connectivity index (χ1n) is 7.54. The van der Waals surface area contributed by atoms with Gasteiger partial charge in [0, 0.05) is 11.1 Å². The number of halogens is 1. The first-order valence-corrected chi connectivity index (χ1v) is 8.42. The molecule has 0 saturated heterocycles. The number of carbonyl (C=O) groups is 2. The summed E-state index contributed by atoms with van der Waals surface area (Å²) in [5.74, 6) is -2.67. The van der Waals surface area contributed by atoms with Crippen LogP contribution in [0.1, 0.15) is 5.69 Å². The van der Waals surface area contributed by atoms with Gasteiger partial charge in [0.15, 0.2) is 22.5 Å². The lowest BCUT2D eigenvalue weighted by Gasteiger charge is -2.09. The molecule has 3 rings (SSSR count). The van der Waals surface area contributed by atoms with Gasteiger partial charge < -0.3 is 9.73 Å². The number of ketones is 1. The number of furan rings is 1. The number of Topliss-reactive ketones (excluding diaryl/α,β-unsaturated/α-hetero) is 1. The molecule has 1 N–H and O–H groups in total. The number of anilines is 1. The SMILES string of the molecule is N#CC(C(=O)Cc1csc(-c2ccco2)n1)C(=O)Nc1ccc(F)cc1. The predicted molar refractivity (Wildman–Crippen MR) is 92.7 cm³/mol. The molecule has 2 aromatic heterocycles. The molecular formula is C18H12FN3O3S. The second kappa shape index (κ2) is 7.72. The van der Waals surface area contributed by atoms with Crippen molar-refractivity contribution in [2.45, 2.75) is 6.42 Å². The Morgan fingerprint density at radius 2 is 2.08 bits per heavy atom. The fourth-order valence-corrected chi connectivity index (χ4v) is 2.99. The highest BCUT2D eigenvalue weighted by Gasteiger charge is 2.27. The van der Waals surface area contributed by atoms with Crippen LogP contribution in [0.15, 0.2) is 52.5 Å². The Kier molecular flexibility index (Phi) is 5.20. The third-order valence-corrected chi connectivity index (χ3v) is 4.37. The van der Waals surface area contributed by atoms with Crippen molar-refractivity contribution in [1.29, 1.82) is 5.26 Å². The number of amides is 1. The maximum Gasteiger partial charge on any atom is 0.249 e. The fourth-order valence-electron chi connectivity index (χ4n) is 2.21. The van der Waals surface area contributed by atoms with Gasteiger partial charge in [-0.05, 0) is 36.4 Å². The summed E-state index contributed by atoms with van der Waals surface area (Å²) in [6.07, 6.45) is 1.37. The van der Waals surface area contributed by atoms with Gasteiger partial charge in [-0.15, -0.1) is 11.3 Å². The molecule has 1 amide bonds. The Morgan fingerprint density at radius 1 is 1.31 bits per heavy atom. The third kappa shape index (κ3) is 4.02. The molecule has 1 atom stereocenters.